The molecule has 7 rings (SSSR count). The molecule has 1 aliphatic heterocycles. The van der Waals surface area contributed by atoms with Gasteiger partial charge in [-0.2, -0.15) is 0 Å². The number of benzene rings is 1. The van der Waals surface area contributed by atoms with Gasteiger partial charge in [0.2, 0.25) is 5.91 Å². The van der Waals surface area contributed by atoms with Crippen LogP contribution in [0.1, 0.15) is 50.1 Å². The molecule has 2 aromatic rings. The van der Waals surface area contributed by atoms with Gasteiger partial charge in [-0.1, -0.05) is 6.07 Å². The van der Waals surface area contributed by atoms with Crippen molar-refractivity contribution >= 4 is 23.0 Å². The quantitative estimate of drug-likeness (QED) is 0.768. The molecule has 4 aliphatic carbocycles. The molecule has 4 bridgehead atoms. The van der Waals surface area contributed by atoms with Gasteiger partial charge >= 0.3 is 11.8 Å². The van der Waals surface area contributed by atoms with E-state index in [0.717, 1.165) is 55.1 Å². The van der Waals surface area contributed by atoms with E-state index in [1.807, 2.05) is 25.1 Å². The van der Waals surface area contributed by atoms with Crippen LogP contribution in [0.2, 0.25) is 0 Å². The van der Waals surface area contributed by atoms with E-state index < -0.39 is 0 Å². The summed E-state index contributed by atoms with van der Waals surface area (Å²) in [5.41, 5.74) is 8.05. The van der Waals surface area contributed by atoms with Gasteiger partial charge in [0.25, 0.3) is 0 Å². The number of fused-ring (bicyclic) bond motifs is 1. The van der Waals surface area contributed by atoms with Crippen molar-refractivity contribution in [2.24, 2.45) is 28.9 Å². The number of nitrogens with zero attached hydrogens (tertiary/aromatic N) is 2. The fraction of sp³-hybridized carbons (Fsp3) is 0.625. The van der Waals surface area contributed by atoms with Crippen LogP contribution in [-0.2, 0) is 9.53 Å². The number of carbonyl (C=O) groups is 2. The first-order chi connectivity index (χ1) is 15.3. The van der Waals surface area contributed by atoms with Crippen molar-refractivity contribution in [1.29, 1.82) is 0 Å². The van der Waals surface area contributed by atoms with E-state index in [9.17, 15) is 14.4 Å². The molecule has 4 saturated carbocycles. The molecular formula is C24H30N4O4. The average Bonchev–Trinajstić information content (AvgIpc) is 3.33. The third-order valence-electron chi connectivity index (χ3n) is 8.60. The number of aromatic nitrogens is 2. The molecule has 1 aromatic carbocycles. The Hall–Kier alpha value is -2.77. The van der Waals surface area contributed by atoms with Gasteiger partial charge in [-0.3, -0.25) is 9.36 Å². The van der Waals surface area contributed by atoms with Crippen molar-refractivity contribution in [3.8, 4) is 0 Å². The molecule has 5 aliphatic rings. The van der Waals surface area contributed by atoms with Crippen molar-refractivity contribution < 1.29 is 14.3 Å². The molecule has 0 radical (unpaired) electrons. The summed E-state index contributed by atoms with van der Waals surface area (Å²) in [4.78, 5) is 42.5. The van der Waals surface area contributed by atoms with Crippen molar-refractivity contribution in [3.05, 3.63) is 34.2 Å². The standard InChI is InChI=1S/C24H30N4O4/c1-13-2-3-19-18(6-13)26-22(30)28(19)17-4-5-27(12-17)23(31)32-20-15-7-14-8-16(20)11-24(9-14,10-15)21(25)29/h2-3,6,14-17,20H,4-5,7-12H2,1H3,(H2,25,29)(H,26,30)/t14?,15?,16?,17-,20-,24-/m0/s1. The van der Waals surface area contributed by atoms with E-state index in [1.165, 1.54) is 0 Å². The Kier molecular flexibility index (Phi) is 4.26. The lowest BCUT2D eigenvalue weighted by molar-refractivity contribution is -0.161. The van der Waals surface area contributed by atoms with Gasteiger partial charge in [0.15, 0.2) is 0 Å². The van der Waals surface area contributed by atoms with Crippen molar-refractivity contribution in [3.63, 3.8) is 0 Å². The Morgan fingerprint density at radius 2 is 1.94 bits per heavy atom. The number of likely N-dealkylation sites (tertiary alicyclic amines) is 1. The lowest BCUT2D eigenvalue weighted by atomic mass is 9.48. The number of nitrogens with one attached hydrogen (secondary N) is 1. The second-order valence-corrected chi connectivity index (χ2v) is 10.7. The van der Waals surface area contributed by atoms with E-state index >= 15 is 0 Å². The number of amides is 2. The highest BCUT2D eigenvalue weighted by Gasteiger charge is 2.59. The highest BCUT2D eigenvalue weighted by atomic mass is 16.6. The number of primary amides is 1. The van der Waals surface area contributed by atoms with Crippen LogP contribution < -0.4 is 11.4 Å². The summed E-state index contributed by atoms with van der Waals surface area (Å²) < 4.78 is 7.85. The molecule has 1 aromatic heterocycles. The van der Waals surface area contributed by atoms with E-state index in [4.69, 9.17) is 10.5 Å². The highest BCUT2D eigenvalue weighted by molar-refractivity contribution is 5.81. The smallest absolute Gasteiger partial charge is 0.410 e. The Morgan fingerprint density at radius 1 is 1.19 bits per heavy atom. The molecule has 170 valence electrons. The van der Waals surface area contributed by atoms with Gasteiger partial charge in [-0.15, -0.1) is 0 Å². The maximum Gasteiger partial charge on any atom is 0.410 e. The van der Waals surface area contributed by atoms with Gasteiger partial charge < -0.3 is 20.4 Å². The number of ether oxygens (including phenoxy) is 1. The zero-order valence-electron chi connectivity index (χ0n) is 18.4. The largest absolute Gasteiger partial charge is 0.446 e. The topological polar surface area (TPSA) is 110 Å². The van der Waals surface area contributed by atoms with Crippen LogP contribution in [-0.4, -0.2) is 45.6 Å². The first kappa shape index (κ1) is 19.9. The summed E-state index contributed by atoms with van der Waals surface area (Å²) in [5, 5.41) is 0. The average molecular weight is 439 g/mol. The predicted molar refractivity (Wildman–Crippen MR) is 118 cm³/mol. The third-order valence-corrected chi connectivity index (χ3v) is 8.60. The van der Waals surface area contributed by atoms with E-state index in [2.05, 4.69) is 4.98 Å². The second kappa shape index (κ2) is 6.86. The normalized spacial score (nSPS) is 35.5. The molecule has 8 heteroatoms. The lowest BCUT2D eigenvalue weighted by Gasteiger charge is -2.58. The lowest BCUT2D eigenvalue weighted by Crippen LogP contribution is -2.59. The third kappa shape index (κ3) is 2.91. The molecular weight excluding hydrogens is 408 g/mol. The van der Waals surface area contributed by atoms with Crippen LogP contribution in [0, 0.1) is 30.1 Å². The summed E-state index contributed by atoms with van der Waals surface area (Å²) >= 11 is 0. The molecule has 2 heterocycles. The molecule has 8 nitrogen and oxygen atoms in total. The number of rotatable bonds is 3. The molecule has 2 amide bonds. The minimum absolute atomic E-state index is 0.0665. The Morgan fingerprint density at radius 3 is 2.66 bits per heavy atom. The summed E-state index contributed by atoms with van der Waals surface area (Å²) in [5.74, 6) is 0.818. The molecule has 0 spiro atoms. The number of imidazole rings is 1. The Labute approximate surface area is 186 Å². The SMILES string of the molecule is Cc1ccc2c(c1)[nH]c(=O)n2[C@H]1CCN(C(=O)O[C@H]2C3CC4CC2C[C@](C(N)=O)(C4)C3)C1. The molecule has 32 heavy (non-hydrogen) atoms. The van der Waals surface area contributed by atoms with Gasteiger partial charge in [-0.05, 0) is 80.9 Å². The van der Waals surface area contributed by atoms with Gasteiger partial charge in [0, 0.05) is 13.1 Å². The van der Waals surface area contributed by atoms with Crippen LogP contribution in [0.25, 0.3) is 11.0 Å². The van der Waals surface area contributed by atoms with Crippen LogP contribution in [0.15, 0.2) is 23.0 Å². The zero-order valence-corrected chi connectivity index (χ0v) is 18.4. The fourth-order valence-electron chi connectivity index (χ4n) is 7.39. The van der Waals surface area contributed by atoms with Crippen LogP contribution in [0.3, 0.4) is 0 Å². The fourth-order valence-corrected chi connectivity index (χ4v) is 7.39. The summed E-state index contributed by atoms with van der Waals surface area (Å²) in [6.07, 6.45) is 4.77. The summed E-state index contributed by atoms with van der Waals surface area (Å²) in [6.45, 7) is 3.04. The molecule has 3 atom stereocenters. The second-order valence-electron chi connectivity index (χ2n) is 10.7. The van der Waals surface area contributed by atoms with Crippen LogP contribution in [0.5, 0.6) is 0 Å². The van der Waals surface area contributed by atoms with E-state index in [-0.39, 0.29) is 47.1 Å². The van der Waals surface area contributed by atoms with Crippen molar-refractivity contribution in [2.45, 2.75) is 57.6 Å². The Bertz CT molecular complexity index is 1150. The molecule has 2 unspecified atom stereocenters. The van der Waals surface area contributed by atoms with E-state index in [1.54, 1.807) is 9.47 Å². The van der Waals surface area contributed by atoms with Gasteiger partial charge in [-0.25, -0.2) is 9.59 Å². The van der Waals surface area contributed by atoms with Crippen LogP contribution >= 0.6 is 0 Å². The van der Waals surface area contributed by atoms with Crippen LogP contribution in [0.4, 0.5) is 4.79 Å². The Balaban J connectivity index is 1.16. The maximum atomic E-state index is 13.1. The number of aromatic amines is 1. The van der Waals surface area contributed by atoms with Gasteiger partial charge in [0.1, 0.15) is 6.10 Å². The van der Waals surface area contributed by atoms with E-state index in [0.29, 0.717) is 19.0 Å². The van der Waals surface area contributed by atoms with Gasteiger partial charge in [0.05, 0.1) is 22.5 Å². The minimum Gasteiger partial charge on any atom is -0.446 e. The number of nitrogens with two attached hydrogens (primary N) is 1. The highest BCUT2D eigenvalue weighted by Crippen LogP contribution is 2.60. The van der Waals surface area contributed by atoms with Crippen molar-refractivity contribution in [2.75, 3.05) is 13.1 Å². The van der Waals surface area contributed by atoms with Crippen molar-refractivity contribution in [1.82, 2.24) is 14.5 Å². The zero-order chi connectivity index (χ0) is 22.2. The first-order valence-electron chi connectivity index (χ1n) is 11.8. The number of aryl methyl sites for hydroxylation is 1. The number of carbonyl (C=O) groups excluding carboxylic acids is 2. The molecule has 1 saturated heterocycles. The monoisotopic (exact) mass is 438 g/mol. The predicted octanol–water partition coefficient (Wildman–Crippen LogP) is 2.70. The first-order valence-corrected chi connectivity index (χ1v) is 11.8. The minimum atomic E-state index is -0.382. The molecule has 3 N–H and O–H groups in total. The molecule has 5 fully saturated rings. The number of hydrogen-bond acceptors (Lipinski definition) is 4. The maximum absolute atomic E-state index is 13.1. The summed E-state index contributed by atoms with van der Waals surface area (Å²) in [7, 11) is 0. The number of hydrogen-bond donors (Lipinski definition) is 2. The number of H-pyrrole nitrogens is 1. The summed E-state index contributed by atoms with van der Waals surface area (Å²) in [6, 6.07) is 5.87.